The van der Waals surface area contributed by atoms with E-state index in [1.54, 1.807) is 24.4 Å². The van der Waals surface area contributed by atoms with E-state index in [-0.39, 0.29) is 11.3 Å². The summed E-state index contributed by atoms with van der Waals surface area (Å²) in [6.07, 6.45) is 7.43. The molecule has 2 aromatic rings. The van der Waals surface area contributed by atoms with Crippen molar-refractivity contribution >= 4 is 29.0 Å². The molecule has 1 saturated carbocycles. The Morgan fingerprint density at radius 2 is 2.00 bits per heavy atom. The maximum absolute atomic E-state index is 12.6. The summed E-state index contributed by atoms with van der Waals surface area (Å²) in [4.78, 5) is 22.1. The summed E-state index contributed by atoms with van der Waals surface area (Å²) in [5.41, 5.74) is 7.21. The number of halogens is 2. The quantitative estimate of drug-likeness (QED) is 0.813. The number of piperidine rings is 1. The van der Waals surface area contributed by atoms with Gasteiger partial charge in [-0.3, -0.25) is 4.79 Å². The first-order valence-electron chi connectivity index (χ1n) is 9.04. The maximum atomic E-state index is 12.6. The highest BCUT2D eigenvalue weighted by molar-refractivity contribution is 6.43. The number of H-pyrrole nitrogens is 1. The maximum Gasteiger partial charge on any atom is 0.276 e. The van der Waals surface area contributed by atoms with Gasteiger partial charge in [0.05, 0.1) is 16.2 Å². The van der Waals surface area contributed by atoms with Crippen LogP contribution in [0.15, 0.2) is 29.2 Å². The summed E-state index contributed by atoms with van der Waals surface area (Å²) in [7, 11) is 0. The number of rotatable bonds is 2. The molecule has 3 N–H and O–H groups in total. The van der Waals surface area contributed by atoms with Crippen molar-refractivity contribution in [2.24, 2.45) is 11.1 Å². The van der Waals surface area contributed by atoms with Gasteiger partial charge in [-0.15, -0.1) is 0 Å². The summed E-state index contributed by atoms with van der Waals surface area (Å²) >= 11 is 12.3. The topological polar surface area (TPSA) is 75.0 Å². The average molecular weight is 393 g/mol. The normalized spacial score (nSPS) is 22.1. The third-order valence-electron chi connectivity index (χ3n) is 6.06. The van der Waals surface area contributed by atoms with Gasteiger partial charge < -0.3 is 15.6 Å². The Kier molecular flexibility index (Phi) is 4.71. The molecule has 1 aliphatic heterocycles. The number of aromatic nitrogens is 2. The smallest absolute Gasteiger partial charge is 0.276 e. The Balaban J connectivity index is 1.56. The Hall–Kier alpha value is -1.56. The number of aromatic amines is 1. The first-order chi connectivity index (χ1) is 12.5. The van der Waals surface area contributed by atoms with Crippen LogP contribution < -0.4 is 16.2 Å². The van der Waals surface area contributed by atoms with Gasteiger partial charge in [-0.2, -0.15) is 0 Å². The van der Waals surface area contributed by atoms with E-state index >= 15 is 0 Å². The van der Waals surface area contributed by atoms with E-state index in [0.29, 0.717) is 27.1 Å². The highest BCUT2D eigenvalue weighted by Crippen LogP contribution is 2.45. The molecule has 5 nitrogen and oxygen atoms in total. The van der Waals surface area contributed by atoms with Gasteiger partial charge in [0.15, 0.2) is 0 Å². The predicted octanol–water partition coefficient (Wildman–Crippen LogP) is 3.84. The third-order valence-corrected chi connectivity index (χ3v) is 6.87. The first kappa shape index (κ1) is 17.8. The van der Waals surface area contributed by atoms with Gasteiger partial charge in [0.25, 0.3) is 5.56 Å². The van der Waals surface area contributed by atoms with Crippen molar-refractivity contribution in [3.63, 3.8) is 0 Å². The van der Waals surface area contributed by atoms with Crippen LogP contribution >= 0.6 is 23.2 Å². The lowest BCUT2D eigenvalue weighted by Crippen LogP contribution is -2.47. The van der Waals surface area contributed by atoms with Crippen molar-refractivity contribution in [1.82, 2.24) is 9.97 Å². The molecule has 0 bridgehead atoms. The third kappa shape index (κ3) is 3.02. The van der Waals surface area contributed by atoms with Crippen LogP contribution in [0.3, 0.4) is 0 Å². The van der Waals surface area contributed by atoms with Gasteiger partial charge in [-0.05, 0) is 37.2 Å². The van der Waals surface area contributed by atoms with Gasteiger partial charge in [-0.1, -0.05) is 41.8 Å². The molecule has 0 radical (unpaired) electrons. The minimum absolute atomic E-state index is 0.260. The number of benzene rings is 1. The largest absolute Gasteiger partial charge is 0.357 e. The van der Waals surface area contributed by atoms with E-state index in [0.717, 1.165) is 38.2 Å². The number of nitrogens with one attached hydrogen (secondary N) is 1. The molecular formula is C19H22Cl2N4O. The minimum atomic E-state index is -0.260. The highest BCUT2D eigenvalue weighted by Gasteiger charge is 2.42. The fourth-order valence-corrected chi connectivity index (χ4v) is 4.80. The molecule has 0 amide bonds. The number of nitrogens with zero attached hydrogens (tertiary/aromatic N) is 2. The zero-order valence-electron chi connectivity index (χ0n) is 14.5. The van der Waals surface area contributed by atoms with Crippen LogP contribution in [-0.2, 0) is 0 Å². The second kappa shape index (κ2) is 6.87. The molecular weight excluding hydrogens is 371 g/mol. The first-order valence-corrected chi connectivity index (χ1v) is 9.80. The lowest BCUT2D eigenvalue weighted by atomic mass is 9.74. The zero-order chi connectivity index (χ0) is 18.3. The predicted molar refractivity (Wildman–Crippen MR) is 106 cm³/mol. The lowest BCUT2D eigenvalue weighted by molar-refractivity contribution is 0.197. The SMILES string of the molecule is NC1CCCC12CCN(c1cnc(-c3cccc(Cl)c3Cl)c(=O)[nH]1)CC2. The second-order valence-electron chi connectivity index (χ2n) is 7.40. The van der Waals surface area contributed by atoms with Crippen molar-refractivity contribution < 1.29 is 0 Å². The molecule has 2 heterocycles. The Bertz CT molecular complexity index is 874. The van der Waals surface area contributed by atoms with Crippen LogP contribution in [0.1, 0.15) is 32.1 Å². The molecule has 1 aromatic heterocycles. The molecule has 1 unspecified atom stereocenters. The van der Waals surface area contributed by atoms with Crippen LogP contribution in [0.5, 0.6) is 0 Å². The summed E-state index contributed by atoms with van der Waals surface area (Å²) in [6, 6.07) is 5.51. The molecule has 1 aromatic carbocycles. The monoisotopic (exact) mass is 392 g/mol. The minimum Gasteiger partial charge on any atom is -0.357 e. The van der Waals surface area contributed by atoms with E-state index in [1.807, 2.05) is 0 Å². The van der Waals surface area contributed by atoms with Crippen molar-refractivity contribution in [2.75, 3.05) is 18.0 Å². The van der Waals surface area contributed by atoms with Crippen LogP contribution in [0.2, 0.25) is 10.0 Å². The van der Waals surface area contributed by atoms with Gasteiger partial charge in [0.1, 0.15) is 11.5 Å². The number of hydrogen-bond acceptors (Lipinski definition) is 4. The molecule has 1 spiro atoms. The second-order valence-corrected chi connectivity index (χ2v) is 8.18. The molecule has 2 fully saturated rings. The molecule has 1 atom stereocenters. The molecule has 2 aliphatic rings. The average Bonchev–Trinajstić information content (AvgIpc) is 2.98. The van der Waals surface area contributed by atoms with E-state index in [9.17, 15) is 4.79 Å². The van der Waals surface area contributed by atoms with E-state index < -0.39 is 0 Å². The molecule has 26 heavy (non-hydrogen) atoms. The van der Waals surface area contributed by atoms with Crippen molar-refractivity contribution in [1.29, 1.82) is 0 Å². The Labute approximate surface area is 162 Å². The van der Waals surface area contributed by atoms with Gasteiger partial charge in [0.2, 0.25) is 0 Å². The fourth-order valence-electron chi connectivity index (χ4n) is 4.41. The van der Waals surface area contributed by atoms with E-state index in [4.69, 9.17) is 28.9 Å². The fraction of sp³-hybridized carbons (Fsp3) is 0.474. The summed E-state index contributed by atoms with van der Waals surface area (Å²) in [5, 5.41) is 0.749. The molecule has 7 heteroatoms. The van der Waals surface area contributed by atoms with Crippen LogP contribution in [0.25, 0.3) is 11.3 Å². The molecule has 4 rings (SSSR count). The number of anilines is 1. The molecule has 1 aliphatic carbocycles. The van der Waals surface area contributed by atoms with Crippen molar-refractivity contribution in [3.8, 4) is 11.3 Å². The lowest BCUT2D eigenvalue weighted by Gasteiger charge is -2.42. The van der Waals surface area contributed by atoms with E-state index in [1.165, 1.54) is 12.8 Å². The molecule has 1 saturated heterocycles. The highest BCUT2D eigenvalue weighted by atomic mass is 35.5. The van der Waals surface area contributed by atoms with Crippen molar-refractivity contribution in [2.45, 2.75) is 38.1 Å². The van der Waals surface area contributed by atoms with Crippen LogP contribution in [0, 0.1) is 5.41 Å². The number of hydrogen-bond donors (Lipinski definition) is 2. The zero-order valence-corrected chi connectivity index (χ0v) is 16.0. The summed E-state index contributed by atoms with van der Waals surface area (Å²) < 4.78 is 0. The van der Waals surface area contributed by atoms with Crippen LogP contribution in [0.4, 0.5) is 5.82 Å². The Morgan fingerprint density at radius 3 is 2.65 bits per heavy atom. The standard InChI is InChI=1S/C19H22Cl2N4O/c20-13-4-1-3-12(16(13)21)17-18(26)24-15(11-23-17)25-9-7-19(8-10-25)6-2-5-14(19)22/h1,3-4,11,14H,2,5-10,22H2,(H,24,26). The Morgan fingerprint density at radius 1 is 1.23 bits per heavy atom. The summed E-state index contributed by atoms with van der Waals surface area (Å²) in [6.45, 7) is 1.78. The van der Waals surface area contributed by atoms with Crippen LogP contribution in [-0.4, -0.2) is 29.1 Å². The molecule has 138 valence electrons. The summed E-state index contributed by atoms with van der Waals surface area (Å²) in [5.74, 6) is 0.748. The van der Waals surface area contributed by atoms with E-state index in [2.05, 4.69) is 14.9 Å². The van der Waals surface area contributed by atoms with Crippen molar-refractivity contribution in [3.05, 3.63) is 44.8 Å². The van der Waals surface area contributed by atoms with Gasteiger partial charge in [-0.25, -0.2) is 4.98 Å². The van der Waals surface area contributed by atoms with Gasteiger partial charge >= 0.3 is 0 Å². The number of nitrogens with two attached hydrogens (primary N) is 1. The van der Waals surface area contributed by atoms with Gasteiger partial charge in [0, 0.05) is 24.7 Å².